The van der Waals surface area contributed by atoms with Gasteiger partial charge < -0.3 is 14.2 Å². The van der Waals surface area contributed by atoms with Crippen LogP contribution in [0.15, 0.2) is 59.5 Å². The van der Waals surface area contributed by atoms with Gasteiger partial charge in [-0.15, -0.1) is 0 Å². The van der Waals surface area contributed by atoms with Crippen molar-refractivity contribution in [3.05, 3.63) is 59.6 Å². The van der Waals surface area contributed by atoms with Crippen LogP contribution in [0.2, 0.25) is 5.02 Å². The summed E-state index contributed by atoms with van der Waals surface area (Å²) in [5.74, 6) is 0.138. The monoisotopic (exact) mass is 405 g/mol. The van der Waals surface area contributed by atoms with Gasteiger partial charge in [0.15, 0.2) is 5.75 Å². The van der Waals surface area contributed by atoms with Crippen molar-refractivity contribution in [2.45, 2.75) is 11.8 Å². The summed E-state index contributed by atoms with van der Waals surface area (Å²) in [7, 11) is -2.67. The van der Waals surface area contributed by atoms with Gasteiger partial charge in [-0.25, -0.2) is 0 Å². The van der Waals surface area contributed by atoms with Crippen LogP contribution in [0, 0.1) is 0 Å². The van der Waals surface area contributed by atoms with Gasteiger partial charge >= 0.3 is 10.1 Å². The van der Waals surface area contributed by atoms with Gasteiger partial charge in [-0.1, -0.05) is 35.9 Å². The Hall–Kier alpha value is -2.77. The molecule has 0 aromatic heterocycles. The van der Waals surface area contributed by atoms with Gasteiger partial charge in [0.2, 0.25) is 5.91 Å². The maximum absolute atomic E-state index is 12.9. The van der Waals surface area contributed by atoms with Crippen LogP contribution >= 0.6 is 11.6 Å². The van der Waals surface area contributed by atoms with Crippen molar-refractivity contribution < 1.29 is 22.1 Å². The summed E-state index contributed by atoms with van der Waals surface area (Å²) < 4.78 is 36.5. The minimum absolute atomic E-state index is 0.0115. The summed E-state index contributed by atoms with van der Waals surface area (Å²) in [5, 5.41) is 3.95. The normalized spacial score (nSPS) is 11.2. The molecule has 0 atom stereocenters. The number of rotatable bonds is 5. The average molecular weight is 406 g/mol. The number of fused-ring (bicyclic) bond motifs is 1. The van der Waals surface area contributed by atoms with E-state index in [0.29, 0.717) is 21.5 Å². The largest absolute Gasteiger partial charge is 0.496 e. The number of carbonyl (C=O) groups is 1. The first-order valence-corrected chi connectivity index (χ1v) is 9.68. The van der Waals surface area contributed by atoms with Gasteiger partial charge in [0.1, 0.15) is 10.6 Å². The number of methoxy groups -OCH3 is 1. The maximum Gasteiger partial charge on any atom is 0.339 e. The molecule has 3 rings (SSSR count). The minimum atomic E-state index is -4.19. The number of anilines is 1. The lowest BCUT2D eigenvalue weighted by Gasteiger charge is -2.14. The van der Waals surface area contributed by atoms with Crippen molar-refractivity contribution in [2.24, 2.45) is 0 Å². The van der Waals surface area contributed by atoms with E-state index in [1.807, 2.05) is 0 Å². The lowest BCUT2D eigenvalue weighted by Crippen LogP contribution is -2.13. The second-order valence-electron chi connectivity index (χ2n) is 5.67. The molecular weight excluding hydrogens is 390 g/mol. The maximum atomic E-state index is 12.9. The number of hydrogen-bond acceptors (Lipinski definition) is 5. The second-order valence-corrected chi connectivity index (χ2v) is 7.62. The topological polar surface area (TPSA) is 81.7 Å². The van der Waals surface area contributed by atoms with Crippen LogP contribution in [-0.2, 0) is 14.9 Å². The molecule has 0 spiro atoms. The number of amides is 1. The van der Waals surface area contributed by atoms with Gasteiger partial charge in [0, 0.05) is 22.7 Å². The van der Waals surface area contributed by atoms with Crippen molar-refractivity contribution in [2.75, 3.05) is 12.4 Å². The zero-order valence-electron chi connectivity index (χ0n) is 14.5. The van der Waals surface area contributed by atoms with E-state index in [4.69, 9.17) is 20.5 Å². The molecule has 0 saturated carbocycles. The van der Waals surface area contributed by atoms with Gasteiger partial charge in [-0.3, -0.25) is 4.79 Å². The van der Waals surface area contributed by atoms with Gasteiger partial charge in [0.25, 0.3) is 0 Å². The van der Waals surface area contributed by atoms with E-state index in [-0.39, 0.29) is 22.2 Å². The van der Waals surface area contributed by atoms with Crippen LogP contribution in [0.25, 0.3) is 10.8 Å². The Labute approximate surface area is 161 Å². The van der Waals surface area contributed by atoms with E-state index in [0.717, 1.165) is 0 Å². The van der Waals surface area contributed by atoms with Crippen molar-refractivity contribution in [3.8, 4) is 11.5 Å². The lowest BCUT2D eigenvalue weighted by atomic mass is 10.1. The highest BCUT2D eigenvalue weighted by Crippen LogP contribution is 2.34. The number of halogens is 1. The Kier molecular flexibility index (Phi) is 5.25. The first kappa shape index (κ1) is 19.0. The zero-order chi connectivity index (χ0) is 19.6. The van der Waals surface area contributed by atoms with E-state index in [9.17, 15) is 13.2 Å². The summed E-state index contributed by atoms with van der Waals surface area (Å²) in [4.78, 5) is 11.4. The molecule has 3 aromatic rings. The standard InChI is InChI=1S/C19H16ClNO5S/c1-12(22)21-16-11-13(20)7-8-18(16)26-27(23,24)19-10-9-17(25-2)14-5-3-4-6-15(14)19/h3-11H,1-2H3,(H,21,22). The molecule has 6 nitrogen and oxygen atoms in total. The fourth-order valence-corrected chi connectivity index (χ4v) is 3.99. The fraction of sp³-hybridized carbons (Fsp3) is 0.105. The van der Waals surface area contributed by atoms with Crippen LogP contribution in [0.1, 0.15) is 6.92 Å². The first-order valence-electron chi connectivity index (χ1n) is 7.89. The average Bonchev–Trinajstić information content (AvgIpc) is 2.62. The van der Waals surface area contributed by atoms with E-state index >= 15 is 0 Å². The molecular formula is C19H16ClNO5S. The molecule has 3 aromatic carbocycles. The Balaban J connectivity index is 2.09. The number of nitrogens with one attached hydrogen (secondary N) is 1. The highest BCUT2D eigenvalue weighted by molar-refractivity contribution is 7.87. The van der Waals surface area contributed by atoms with Crippen molar-refractivity contribution in [1.29, 1.82) is 0 Å². The van der Waals surface area contributed by atoms with E-state index < -0.39 is 10.1 Å². The second kappa shape index (κ2) is 7.46. The van der Waals surface area contributed by atoms with Crippen LogP contribution < -0.4 is 14.2 Å². The van der Waals surface area contributed by atoms with Gasteiger partial charge in [-0.05, 0) is 30.3 Å². The fourth-order valence-electron chi connectivity index (χ4n) is 2.67. The van der Waals surface area contributed by atoms with Crippen LogP contribution in [-0.4, -0.2) is 21.4 Å². The highest BCUT2D eigenvalue weighted by Gasteiger charge is 2.23. The highest BCUT2D eigenvalue weighted by atomic mass is 35.5. The first-order chi connectivity index (χ1) is 12.8. The molecule has 0 aliphatic rings. The predicted molar refractivity (Wildman–Crippen MR) is 104 cm³/mol. The van der Waals surface area contributed by atoms with E-state index in [1.54, 1.807) is 30.3 Å². The predicted octanol–water partition coefficient (Wildman–Crippen LogP) is 4.23. The lowest BCUT2D eigenvalue weighted by molar-refractivity contribution is -0.114. The van der Waals surface area contributed by atoms with E-state index in [2.05, 4.69) is 5.32 Å². The molecule has 0 fully saturated rings. The number of hydrogen-bond donors (Lipinski definition) is 1. The van der Waals surface area contributed by atoms with Crippen LogP contribution in [0.5, 0.6) is 11.5 Å². The molecule has 0 aliphatic carbocycles. The molecule has 27 heavy (non-hydrogen) atoms. The SMILES string of the molecule is COc1ccc(S(=O)(=O)Oc2ccc(Cl)cc2NC(C)=O)c2ccccc12. The number of ether oxygens (including phenoxy) is 1. The Morgan fingerprint density at radius 1 is 1.00 bits per heavy atom. The Morgan fingerprint density at radius 3 is 2.33 bits per heavy atom. The van der Waals surface area contributed by atoms with Gasteiger partial charge in [0.05, 0.1) is 12.8 Å². The van der Waals surface area contributed by atoms with Crippen molar-refractivity contribution >= 4 is 44.1 Å². The third-order valence-electron chi connectivity index (χ3n) is 3.79. The van der Waals surface area contributed by atoms with E-state index in [1.165, 1.54) is 38.3 Å². The summed E-state index contributed by atoms with van der Waals surface area (Å²) in [6, 6.07) is 14.2. The molecule has 0 aliphatic heterocycles. The molecule has 0 unspecified atom stereocenters. The molecule has 0 saturated heterocycles. The third-order valence-corrected chi connectivity index (χ3v) is 5.31. The smallest absolute Gasteiger partial charge is 0.339 e. The minimum Gasteiger partial charge on any atom is -0.496 e. The van der Waals surface area contributed by atoms with Crippen molar-refractivity contribution in [3.63, 3.8) is 0 Å². The molecule has 8 heteroatoms. The summed E-state index contributed by atoms with van der Waals surface area (Å²) in [6.45, 7) is 1.30. The van der Waals surface area contributed by atoms with Crippen LogP contribution in [0.3, 0.4) is 0 Å². The van der Waals surface area contributed by atoms with Crippen LogP contribution in [0.4, 0.5) is 5.69 Å². The summed E-state index contributed by atoms with van der Waals surface area (Å²) >= 11 is 5.93. The zero-order valence-corrected chi connectivity index (χ0v) is 16.1. The molecule has 1 N–H and O–H groups in total. The quantitative estimate of drug-likeness (QED) is 0.642. The molecule has 1 amide bonds. The van der Waals surface area contributed by atoms with Gasteiger partial charge in [-0.2, -0.15) is 8.42 Å². The van der Waals surface area contributed by atoms with Crippen molar-refractivity contribution in [1.82, 2.24) is 0 Å². The Bertz CT molecular complexity index is 1130. The number of carbonyl (C=O) groups excluding carboxylic acids is 1. The molecule has 0 heterocycles. The third kappa shape index (κ3) is 3.99. The summed E-state index contributed by atoms with van der Waals surface area (Å²) in [5.41, 5.74) is 0.163. The molecule has 140 valence electrons. The summed E-state index contributed by atoms with van der Waals surface area (Å²) in [6.07, 6.45) is 0. The number of benzene rings is 3. The molecule has 0 radical (unpaired) electrons. The molecule has 0 bridgehead atoms. The Morgan fingerprint density at radius 2 is 1.67 bits per heavy atom.